The third kappa shape index (κ3) is 2.78. The highest BCUT2D eigenvalue weighted by Gasteiger charge is 2.32. The van der Waals surface area contributed by atoms with Crippen LogP contribution in [0.4, 0.5) is 0 Å². The third-order valence-corrected chi connectivity index (χ3v) is 5.61. The molecule has 1 aromatic rings. The van der Waals surface area contributed by atoms with Crippen molar-refractivity contribution in [2.45, 2.75) is 23.0 Å². The van der Waals surface area contributed by atoms with E-state index in [4.69, 9.17) is 14.6 Å². The Bertz CT molecular complexity index is 601. The van der Waals surface area contributed by atoms with Gasteiger partial charge < -0.3 is 14.6 Å². The number of benzene rings is 1. The van der Waals surface area contributed by atoms with Crippen LogP contribution in [0.1, 0.15) is 23.2 Å². The first kappa shape index (κ1) is 14.8. The first-order valence-corrected chi connectivity index (χ1v) is 7.74. The van der Waals surface area contributed by atoms with Gasteiger partial charge in [0.25, 0.3) is 0 Å². The molecule has 20 heavy (non-hydrogen) atoms. The van der Waals surface area contributed by atoms with E-state index < -0.39 is 21.1 Å². The van der Waals surface area contributed by atoms with Gasteiger partial charge in [0.2, 0.25) is 0 Å². The van der Waals surface area contributed by atoms with Crippen LogP contribution < -0.4 is 4.74 Å². The largest absolute Gasteiger partial charge is 0.495 e. The van der Waals surface area contributed by atoms with Crippen molar-refractivity contribution in [3.8, 4) is 5.75 Å². The molecule has 0 aliphatic carbocycles. The Hall–Kier alpha value is -1.60. The van der Waals surface area contributed by atoms with Gasteiger partial charge in [-0.1, -0.05) is 0 Å². The molecule has 110 valence electrons. The van der Waals surface area contributed by atoms with Crippen LogP contribution in [0.3, 0.4) is 0 Å². The van der Waals surface area contributed by atoms with Gasteiger partial charge in [0.05, 0.1) is 17.9 Å². The normalized spacial score (nSPS) is 16.9. The second kappa shape index (κ2) is 5.80. The zero-order valence-corrected chi connectivity index (χ0v) is 11.9. The van der Waals surface area contributed by atoms with E-state index in [0.717, 1.165) is 6.07 Å². The van der Waals surface area contributed by atoms with Gasteiger partial charge in [-0.2, -0.15) is 0 Å². The van der Waals surface area contributed by atoms with Gasteiger partial charge in [-0.25, -0.2) is 13.2 Å². The molecule has 0 saturated carbocycles. The summed E-state index contributed by atoms with van der Waals surface area (Å²) in [7, 11) is -2.27. The quantitative estimate of drug-likeness (QED) is 0.902. The molecule has 1 heterocycles. The Morgan fingerprint density at radius 3 is 2.55 bits per heavy atom. The molecule has 0 amide bonds. The van der Waals surface area contributed by atoms with Gasteiger partial charge in [-0.05, 0) is 31.0 Å². The minimum Gasteiger partial charge on any atom is -0.495 e. The Balaban J connectivity index is 2.48. The van der Waals surface area contributed by atoms with Crippen LogP contribution >= 0.6 is 0 Å². The summed E-state index contributed by atoms with van der Waals surface area (Å²) in [4.78, 5) is 10.9. The first-order valence-electron chi connectivity index (χ1n) is 6.20. The van der Waals surface area contributed by atoms with Crippen molar-refractivity contribution in [3.63, 3.8) is 0 Å². The van der Waals surface area contributed by atoms with Crippen LogP contribution in [0.5, 0.6) is 5.75 Å². The topological polar surface area (TPSA) is 89.9 Å². The summed E-state index contributed by atoms with van der Waals surface area (Å²) >= 11 is 0. The van der Waals surface area contributed by atoms with E-state index in [1.807, 2.05) is 0 Å². The molecule has 0 aromatic heterocycles. The predicted octanol–water partition coefficient (Wildman–Crippen LogP) is 1.35. The van der Waals surface area contributed by atoms with Crippen molar-refractivity contribution in [2.75, 3.05) is 20.3 Å². The molecule has 2 rings (SSSR count). The minimum absolute atomic E-state index is 0.0631. The second-order valence-electron chi connectivity index (χ2n) is 4.53. The number of rotatable bonds is 4. The Labute approximate surface area is 117 Å². The number of carbonyl (C=O) groups is 1. The summed E-state index contributed by atoms with van der Waals surface area (Å²) in [5.74, 6) is -1.00. The Morgan fingerprint density at radius 2 is 2.00 bits per heavy atom. The standard InChI is InChI=1S/C13H16O6S/c1-18-11-3-2-9(13(14)15)8-12(11)20(16,17)10-4-6-19-7-5-10/h2-3,8,10H,4-7H2,1H3,(H,14,15). The molecule has 1 N–H and O–H groups in total. The van der Waals surface area contributed by atoms with Crippen molar-refractivity contribution < 1.29 is 27.8 Å². The molecule has 6 nitrogen and oxygen atoms in total. The van der Waals surface area contributed by atoms with E-state index in [9.17, 15) is 13.2 Å². The molecule has 1 aromatic carbocycles. The van der Waals surface area contributed by atoms with Crippen LogP contribution in [0.15, 0.2) is 23.1 Å². The molecule has 1 aliphatic rings. The lowest BCUT2D eigenvalue weighted by Crippen LogP contribution is -2.29. The Morgan fingerprint density at radius 1 is 1.35 bits per heavy atom. The summed E-state index contributed by atoms with van der Waals surface area (Å²) in [6.07, 6.45) is 0.811. The maximum absolute atomic E-state index is 12.6. The van der Waals surface area contributed by atoms with Crippen molar-refractivity contribution in [1.29, 1.82) is 0 Å². The van der Waals surface area contributed by atoms with Gasteiger partial charge in [-0.3, -0.25) is 0 Å². The maximum Gasteiger partial charge on any atom is 0.335 e. The monoisotopic (exact) mass is 300 g/mol. The fourth-order valence-corrected chi connectivity index (χ4v) is 4.09. The lowest BCUT2D eigenvalue weighted by atomic mass is 10.2. The van der Waals surface area contributed by atoms with Gasteiger partial charge in [0.1, 0.15) is 10.6 Å². The lowest BCUT2D eigenvalue weighted by molar-refractivity contribution is 0.0696. The number of methoxy groups -OCH3 is 1. The van der Waals surface area contributed by atoms with Crippen LogP contribution in [0.25, 0.3) is 0 Å². The summed E-state index contributed by atoms with van der Waals surface area (Å²) in [6.45, 7) is 0.787. The highest BCUT2D eigenvalue weighted by molar-refractivity contribution is 7.92. The van der Waals surface area contributed by atoms with Gasteiger partial charge in [0, 0.05) is 13.2 Å². The minimum atomic E-state index is -3.63. The number of hydrogen-bond donors (Lipinski definition) is 1. The number of carboxylic acid groups (broad SMARTS) is 1. The zero-order chi connectivity index (χ0) is 14.8. The van der Waals surface area contributed by atoms with Crippen LogP contribution in [-0.4, -0.2) is 45.1 Å². The molecule has 0 radical (unpaired) electrons. The predicted molar refractivity (Wildman–Crippen MR) is 71.0 cm³/mol. The van der Waals surface area contributed by atoms with Gasteiger partial charge in [-0.15, -0.1) is 0 Å². The molecule has 0 atom stereocenters. The molecule has 1 fully saturated rings. The van der Waals surface area contributed by atoms with Gasteiger partial charge >= 0.3 is 5.97 Å². The van der Waals surface area contributed by atoms with E-state index in [1.54, 1.807) is 0 Å². The number of sulfone groups is 1. The number of hydrogen-bond acceptors (Lipinski definition) is 5. The molecule has 7 heteroatoms. The van der Waals surface area contributed by atoms with Crippen LogP contribution in [-0.2, 0) is 14.6 Å². The van der Waals surface area contributed by atoms with Crippen molar-refractivity contribution in [3.05, 3.63) is 23.8 Å². The lowest BCUT2D eigenvalue weighted by Gasteiger charge is -2.23. The molecular formula is C13H16O6S. The molecule has 0 spiro atoms. The average molecular weight is 300 g/mol. The molecule has 1 aliphatic heterocycles. The molecule has 0 bridgehead atoms. The summed E-state index contributed by atoms with van der Waals surface area (Å²) in [5, 5.41) is 8.43. The van der Waals surface area contributed by atoms with E-state index in [2.05, 4.69) is 0 Å². The molecule has 1 saturated heterocycles. The number of ether oxygens (including phenoxy) is 2. The van der Waals surface area contributed by atoms with Crippen molar-refractivity contribution in [1.82, 2.24) is 0 Å². The first-order chi connectivity index (χ1) is 9.46. The van der Waals surface area contributed by atoms with Crippen LogP contribution in [0.2, 0.25) is 0 Å². The fourth-order valence-electron chi connectivity index (χ4n) is 2.20. The highest BCUT2D eigenvalue weighted by Crippen LogP contribution is 2.31. The van der Waals surface area contributed by atoms with Crippen molar-refractivity contribution in [2.24, 2.45) is 0 Å². The Kier molecular flexibility index (Phi) is 4.29. The number of carboxylic acids is 1. The molecule has 0 unspecified atom stereocenters. The van der Waals surface area contributed by atoms with Gasteiger partial charge in [0.15, 0.2) is 9.84 Å². The smallest absolute Gasteiger partial charge is 0.335 e. The van der Waals surface area contributed by atoms with Crippen LogP contribution in [0, 0.1) is 0 Å². The summed E-state index contributed by atoms with van der Waals surface area (Å²) < 4.78 is 35.4. The fraction of sp³-hybridized carbons (Fsp3) is 0.462. The zero-order valence-electron chi connectivity index (χ0n) is 11.0. The number of aromatic carboxylic acids is 1. The summed E-state index contributed by atoms with van der Waals surface area (Å²) in [5.41, 5.74) is -0.0727. The highest BCUT2D eigenvalue weighted by atomic mass is 32.2. The van der Waals surface area contributed by atoms with Crippen molar-refractivity contribution >= 4 is 15.8 Å². The molecular weight excluding hydrogens is 284 g/mol. The summed E-state index contributed by atoms with van der Waals surface area (Å²) in [6, 6.07) is 3.85. The van der Waals surface area contributed by atoms with E-state index >= 15 is 0 Å². The van der Waals surface area contributed by atoms with E-state index in [1.165, 1.54) is 19.2 Å². The SMILES string of the molecule is COc1ccc(C(=O)O)cc1S(=O)(=O)C1CCOCC1. The second-order valence-corrected chi connectivity index (χ2v) is 6.72. The average Bonchev–Trinajstić information content (AvgIpc) is 2.47. The van der Waals surface area contributed by atoms with E-state index in [-0.39, 0.29) is 16.2 Å². The maximum atomic E-state index is 12.6. The third-order valence-electron chi connectivity index (χ3n) is 3.32. The van der Waals surface area contributed by atoms with E-state index in [0.29, 0.717) is 26.1 Å².